The molecule has 8 nitrogen and oxygen atoms in total. The normalized spacial score (nSPS) is 16.3. The molecule has 0 unspecified atom stereocenters. The number of fused-ring (bicyclic) bond motifs is 1. The van der Waals surface area contributed by atoms with Crippen LogP contribution >= 0.6 is 15.9 Å². The molecule has 2 rings (SSSR count). The van der Waals surface area contributed by atoms with E-state index >= 15 is 0 Å². The van der Waals surface area contributed by atoms with Crippen LogP contribution in [0.25, 0.3) is 6.08 Å². The first-order valence-electron chi connectivity index (χ1n) is 9.13. The van der Waals surface area contributed by atoms with Gasteiger partial charge in [-0.25, -0.2) is 4.79 Å². The Morgan fingerprint density at radius 3 is 2.61 bits per heavy atom. The van der Waals surface area contributed by atoms with Gasteiger partial charge in [-0.15, -0.1) is 0 Å². The topological polar surface area (TPSA) is 129 Å². The van der Waals surface area contributed by atoms with E-state index in [1.165, 1.54) is 6.07 Å². The molecule has 5 N–H and O–H groups in total. The molecule has 0 spiro atoms. The number of methoxy groups -OCH3 is 1. The van der Waals surface area contributed by atoms with Gasteiger partial charge < -0.3 is 26.3 Å². The Hall–Kier alpha value is -2.76. The zero-order valence-corrected chi connectivity index (χ0v) is 18.3. The van der Waals surface area contributed by atoms with Crippen LogP contribution in [0.1, 0.15) is 24.0 Å². The first kappa shape index (κ1) is 24.5. The van der Waals surface area contributed by atoms with Gasteiger partial charge in [0.15, 0.2) is 5.96 Å². The number of ether oxygens (including phenoxy) is 2. The lowest BCUT2D eigenvalue weighted by molar-refractivity contribution is -0.185. The number of halogens is 4. The van der Waals surface area contributed by atoms with Crippen LogP contribution in [0, 0.1) is 6.92 Å². The van der Waals surface area contributed by atoms with Crippen LogP contribution < -0.4 is 21.5 Å². The van der Waals surface area contributed by atoms with Gasteiger partial charge in [-0.1, -0.05) is 15.9 Å². The molecule has 2 atom stereocenters. The van der Waals surface area contributed by atoms with Crippen molar-refractivity contribution in [3.8, 4) is 5.75 Å². The van der Waals surface area contributed by atoms with Crippen LogP contribution in [0.5, 0.6) is 5.75 Å². The molecule has 0 aliphatic carbocycles. The monoisotopic (exact) mass is 506 g/mol. The highest BCUT2D eigenvalue weighted by molar-refractivity contribution is 9.10. The largest absolute Gasteiger partial charge is 0.475 e. The molecule has 170 valence electrons. The highest BCUT2D eigenvalue weighted by atomic mass is 79.9. The molecule has 1 aromatic rings. The molecule has 1 amide bonds. The second-order valence-electron chi connectivity index (χ2n) is 6.78. The number of aliphatic imine (C=N–C) groups is 1. The number of hydrogen-bond acceptors (Lipinski definition) is 5. The Bertz CT molecular complexity index is 914. The third-order valence-corrected chi connectivity index (χ3v) is 4.85. The van der Waals surface area contributed by atoms with Crippen molar-refractivity contribution in [1.29, 1.82) is 0 Å². The van der Waals surface area contributed by atoms with Crippen molar-refractivity contribution in [3.63, 3.8) is 0 Å². The van der Waals surface area contributed by atoms with Crippen LogP contribution in [0.2, 0.25) is 0 Å². The molecule has 1 heterocycles. The molecule has 0 fully saturated rings. The number of alkyl halides is 3. The SMILES string of the molecule is COC(=O)[C@H](CCCN=C(N)N)NC(=O)C1=Cc2cc(Br)cc(C)c2O[C@@H]1C(F)(F)F. The van der Waals surface area contributed by atoms with Crippen molar-refractivity contribution in [2.75, 3.05) is 13.7 Å². The molecule has 12 heteroatoms. The van der Waals surface area contributed by atoms with Gasteiger partial charge in [-0.05, 0) is 43.5 Å². The third kappa shape index (κ3) is 6.36. The number of amides is 1. The quantitative estimate of drug-likeness (QED) is 0.225. The summed E-state index contributed by atoms with van der Waals surface area (Å²) < 4.78 is 51.4. The average molecular weight is 507 g/mol. The number of nitrogens with zero attached hydrogens (tertiary/aromatic N) is 1. The minimum absolute atomic E-state index is 0.0313. The Kier molecular flexibility index (Phi) is 7.93. The number of carbonyl (C=O) groups is 2. The number of guanidine groups is 1. The predicted molar refractivity (Wildman–Crippen MR) is 111 cm³/mol. The number of esters is 1. The summed E-state index contributed by atoms with van der Waals surface area (Å²) in [4.78, 5) is 28.5. The number of nitrogens with two attached hydrogens (primary N) is 2. The molecule has 1 aliphatic heterocycles. The summed E-state index contributed by atoms with van der Waals surface area (Å²) >= 11 is 3.27. The average Bonchev–Trinajstić information content (AvgIpc) is 2.67. The maximum atomic E-state index is 13.7. The number of nitrogens with one attached hydrogen (secondary N) is 1. The van der Waals surface area contributed by atoms with Crippen molar-refractivity contribution in [2.24, 2.45) is 16.5 Å². The Morgan fingerprint density at radius 1 is 1.35 bits per heavy atom. The summed E-state index contributed by atoms with van der Waals surface area (Å²) in [5.41, 5.74) is 10.6. The fraction of sp³-hybridized carbons (Fsp3) is 0.421. The molecule has 0 saturated carbocycles. The zero-order valence-electron chi connectivity index (χ0n) is 16.8. The van der Waals surface area contributed by atoms with Gasteiger partial charge in [0.25, 0.3) is 5.91 Å². The van der Waals surface area contributed by atoms with Crippen LogP contribution in [0.3, 0.4) is 0 Å². The fourth-order valence-corrected chi connectivity index (χ4v) is 3.60. The van der Waals surface area contributed by atoms with E-state index in [1.54, 1.807) is 13.0 Å². The maximum absolute atomic E-state index is 13.7. The van der Waals surface area contributed by atoms with Crippen molar-refractivity contribution in [1.82, 2.24) is 5.32 Å². The Balaban J connectivity index is 2.32. The highest BCUT2D eigenvalue weighted by Crippen LogP contribution is 2.40. The van der Waals surface area contributed by atoms with Crippen molar-refractivity contribution in [3.05, 3.63) is 33.3 Å². The standard InChI is InChI=1S/C19H22BrF3N4O4/c1-9-6-11(20)7-10-8-12(15(19(21,22)23)31-14(9)10)16(28)27-13(17(29)30-2)4-3-5-26-18(24)25/h6-8,13,15H,3-5H2,1-2H3,(H,27,28)(H4,24,25,26)/t13-,15-/m0/s1. The summed E-state index contributed by atoms with van der Waals surface area (Å²) in [6.07, 6.45) is -5.89. The van der Waals surface area contributed by atoms with Gasteiger partial charge in [-0.3, -0.25) is 9.79 Å². The smallest absolute Gasteiger partial charge is 0.429 e. The van der Waals surface area contributed by atoms with Gasteiger partial charge in [0.1, 0.15) is 11.8 Å². The lowest BCUT2D eigenvalue weighted by Gasteiger charge is -2.30. The van der Waals surface area contributed by atoms with E-state index in [0.29, 0.717) is 15.6 Å². The number of hydrogen-bond donors (Lipinski definition) is 3. The van der Waals surface area contributed by atoms with Crippen LogP contribution in [-0.4, -0.2) is 49.8 Å². The Labute approximate surface area is 185 Å². The van der Waals surface area contributed by atoms with E-state index in [1.807, 2.05) is 0 Å². The molecule has 1 aromatic carbocycles. The van der Waals surface area contributed by atoms with Crippen LogP contribution in [0.15, 0.2) is 27.2 Å². The van der Waals surface area contributed by atoms with Gasteiger partial charge in [0.2, 0.25) is 6.10 Å². The molecule has 1 aliphatic rings. The lowest BCUT2D eigenvalue weighted by atomic mass is 9.98. The van der Waals surface area contributed by atoms with Crippen LogP contribution in [-0.2, 0) is 14.3 Å². The van der Waals surface area contributed by atoms with E-state index in [4.69, 9.17) is 16.2 Å². The molecule has 0 saturated heterocycles. The number of aryl methyl sites for hydroxylation is 1. The lowest BCUT2D eigenvalue weighted by Crippen LogP contribution is -2.48. The van der Waals surface area contributed by atoms with E-state index in [0.717, 1.165) is 13.2 Å². The van der Waals surface area contributed by atoms with Crippen molar-refractivity contribution in [2.45, 2.75) is 38.1 Å². The van der Waals surface area contributed by atoms with E-state index < -0.39 is 35.8 Å². The minimum Gasteiger partial charge on any atom is -0.475 e. The number of rotatable bonds is 7. The zero-order chi connectivity index (χ0) is 23.3. The first-order chi connectivity index (χ1) is 14.4. The summed E-state index contributed by atoms with van der Waals surface area (Å²) in [7, 11) is 1.11. The van der Waals surface area contributed by atoms with Crippen molar-refractivity contribution >= 4 is 39.8 Å². The summed E-state index contributed by atoms with van der Waals surface area (Å²) in [6.45, 7) is 1.77. The minimum atomic E-state index is -4.85. The maximum Gasteiger partial charge on any atom is 0.429 e. The molecular weight excluding hydrogens is 485 g/mol. The second kappa shape index (κ2) is 10.0. The summed E-state index contributed by atoms with van der Waals surface area (Å²) in [6, 6.07) is 1.96. The molecule has 0 bridgehead atoms. The number of carbonyl (C=O) groups excluding carboxylic acids is 2. The number of benzene rings is 1. The highest BCUT2D eigenvalue weighted by Gasteiger charge is 2.48. The molecule has 0 aromatic heterocycles. The van der Waals surface area contributed by atoms with Gasteiger partial charge in [-0.2, -0.15) is 13.2 Å². The van der Waals surface area contributed by atoms with Gasteiger partial charge >= 0.3 is 12.1 Å². The second-order valence-corrected chi connectivity index (χ2v) is 7.69. The first-order valence-corrected chi connectivity index (χ1v) is 9.92. The van der Waals surface area contributed by atoms with Gasteiger partial charge in [0, 0.05) is 16.6 Å². The summed E-state index contributed by atoms with van der Waals surface area (Å²) in [5, 5.41) is 2.30. The van der Waals surface area contributed by atoms with Crippen LogP contribution in [0.4, 0.5) is 13.2 Å². The van der Waals surface area contributed by atoms with Crippen molar-refractivity contribution < 1.29 is 32.2 Å². The molecular formula is C19H22BrF3N4O4. The van der Waals surface area contributed by atoms with E-state index in [-0.39, 0.29) is 31.1 Å². The summed E-state index contributed by atoms with van der Waals surface area (Å²) in [5.74, 6) is -2.01. The van der Waals surface area contributed by atoms with E-state index in [9.17, 15) is 22.8 Å². The molecule has 31 heavy (non-hydrogen) atoms. The van der Waals surface area contributed by atoms with E-state index in [2.05, 4.69) is 31.0 Å². The third-order valence-electron chi connectivity index (χ3n) is 4.39. The molecule has 0 radical (unpaired) electrons. The predicted octanol–water partition coefficient (Wildman–Crippen LogP) is 2.18. The Morgan fingerprint density at radius 2 is 2.03 bits per heavy atom. The van der Waals surface area contributed by atoms with Gasteiger partial charge in [0.05, 0.1) is 12.7 Å². The fourth-order valence-electron chi connectivity index (χ4n) is 3.01.